The molecule has 16 heavy (non-hydrogen) atoms. The second kappa shape index (κ2) is 6.58. The van der Waals surface area contributed by atoms with Crippen LogP contribution in [0.3, 0.4) is 0 Å². The molecule has 2 saturated heterocycles. The Morgan fingerprint density at radius 1 is 1.25 bits per heavy atom. The molecule has 2 rings (SSSR count). The highest BCUT2D eigenvalue weighted by molar-refractivity contribution is 4.79. The van der Waals surface area contributed by atoms with Gasteiger partial charge in [-0.05, 0) is 51.7 Å². The summed E-state index contributed by atoms with van der Waals surface area (Å²) in [6, 6.07) is 0.734. The maximum Gasteiger partial charge on any atom is 0.0700 e. The van der Waals surface area contributed by atoms with Gasteiger partial charge < -0.3 is 15.0 Å². The van der Waals surface area contributed by atoms with Crippen molar-refractivity contribution >= 4 is 0 Å². The van der Waals surface area contributed by atoms with E-state index in [1.54, 1.807) is 0 Å². The van der Waals surface area contributed by atoms with Gasteiger partial charge in [0.15, 0.2) is 0 Å². The van der Waals surface area contributed by atoms with Crippen LogP contribution in [0.5, 0.6) is 0 Å². The van der Waals surface area contributed by atoms with Crippen molar-refractivity contribution in [3.63, 3.8) is 0 Å². The summed E-state index contributed by atoms with van der Waals surface area (Å²) >= 11 is 0. The van der Waals surface area contributed by atoms with Gasteiger partial charge in [-0.15, -0.1) is 0 Å². The van der Waals surface area contributed by atoms with Crippen LogP contribution in [-0.2, 0) is 4.74 Å². The Kier molecular flexibility index (Phi) is 5.07. The molecule has 0 radical (unpaired) electrons. The summed E-state index contributed by atoms with van der Waals surface area (Å²) in [5.41, 5.74) is 0. The van der Waals surface area contributed by atoms with Crippen molar-refractivity contribution in [1.82, 2.24) is 10.2 Å². The van der Waals surface area contributed by atoms with Crippen LogP contribution in [0.2, 0.25) is 0 Å². The van der Waals surface area contributed by atoms with Crippen molar-refractivity contribution in [2.75, 3.05) is 32.8 Å². The molecule has 1 N–H and O–H groups in total. The molecule has 0 aliphatic carbocycles. The highest BCUT2D eigenvalue weighted by Gasteiger charge is 2.20. The molecular formula is C13H26N2O. The molecule has 0 unspecified atom stereocenters. The van der Waals surface area contributed by atoms with E-state index in [1.807, 2.05) is 0 Å². The van der Waals surface area contributed by atoms with Crippen molar-refractivity contribution in [3.05, 3.63) is 0 Å². The van der Waals surface area contributed by atoms with Gasteiger partial charge in [-0.1, -0.05) is 6.92 Å². The van der Waals surface area contributed by atoms with Crippen molar-refractivity contribution in [2.24, 2.45) is 0 Å². The molecule has 2 heterocycles. The predicted molar refractivity (Wildman–Crippen MR) is 66.7 cm³/mol. The minimum atomic E-state index is 0.494. The highest BCUT2D eigenvalue weighted by Crippen LogP contribution is 2.14. The van der Waals surface area contributed by atoms with E-state index < -0.39 is 0 Å². The Morgan fingerprint density at radius 2 is 2.06 bits per heavy atom. The molecular weight excluding hydrogens is 200 g/mol. The van der Waals surface area contributed by atoms with E-state index in [0.29, 0.717) is 6.10 Å². The minimum absolute atomic E-state index is 0.494. The van der Waals surface area contributed by atoms with E-state index in [0.717, 1.165) is 19.2 Å². The monoisotopic (exact) mass is 226 g/mol. The van der Waals surface area contributed by atoms with Gasteiger partial charge in [0.2, 0.25) is 0 Å². The lowest BCUT2D eigenvalue weighted by molar-refractivity contribution is 0.102. The first kappa shape index (κ1) is 12.3. The molecule has 0 spiro atoms. The fourth-order valence-corrected chi connectivity index (χ4v) is 2.78. The number of ether oxygens (including phenoxy) is 1. The fraction of sp³-hybridized carbons (Fsp3) is 1.00. The molecule has 0 aromatic rings. The number of likely N-dealkylation sites (tertiary alicyclic amines) is 1. The molecule has 0 amide bonds. The van der Waals surface area contributed by atoms with Crippen LogP contribution in [0.15, 0.2) is 0 Å². The Hall–Kier alpha value is -0.120. The Labute approximate surface area is 99.5 Å². The number of nitrogens with one attached hydrogen (secondary N) is 1. The normalized spacial score (nSPS) is 28.7. The molecule has 0 aromatic heterocycles. The van der Waals surface area contributed by atoms with Crippen LogP contribution in [0.25, 0.3) is 0 Å². The molecule has 2 aliphatic rings. The summed E-state index contributed by atoms with van der Waals surface area (Å²) < 4.78 is 5.63. The number of hydrogen-bond donors (Lipinski definition) is 1. The number of nitrogens with zero attached hydrogens (tertiary/aromatic N) is 1. The summed E-state index contributed by atoms with van der Waals surface area (Å²) in [6.07, 6.45) is 6.91. The smallest absolute Gasteiger partial charge is 0.0700 e. The number of rotatable bonds is 5. The number of hydrogen-bond acceptors (Lipinski definition) is 3. The summed E-state index contributed by atoms with van der Waals surface area (Å²) in [4.78, 5) is 2.59. The van der Waals surface area contributed by atoms with E-state index in [-0.39, 0.29) is 0 Å². The average Bonchev–Trinajstić information content (AvgIpc) is 2.82. The van der Waals surface area contributed by atoms with Crippen molar-refractivity contribution in [3.8, 4) is 0 Å². The van der Waals surface area contributed by atoms with Crippen LogP contribution < -0.4 is 5.32 Å². The Morgan fingerprint density at radius 3 is 2.69 bits per heavy atom. The lowest BCUT2D eigenvalue weighted by atomic mass is 10.0. The third-order valence-electron chi connectivity index (χ3n) is 3.79. The molecule has 0 bridgehead atoms. The highest BCUT2D eigenvalue weighted by atomic mass is 16.5. The quantitative estimate of drug-likeness (QED) is 0.771. The molecule has 2 aliphatic heterocycles. The first-order chi connectivity index (χ1) is 7.88. The van der Waals surface area contributed by atoms with Gasteiger partial charge in [-0.3, -0.25) is 0 Å². The lowest BCUT2D eigenvalue weighted by Gasteiger charge is -2.32. The largest absolute Gasteiger partial charge is 0.377 e. The molecule has 94 valence electrons. The minimum Gasteiger partial charge on any atom is -0.377 e. The predicted octanol–water partition coefficient (Wildman–Crippen LogP) is 1.63. The number of piperidine rings is 1. The van der Waals surface area contributed by atoms with Crippen LogP contribution in [0.1, 0.15) is 39.0 Å². The van der Waals surface area contributed by atoms with Crippen molar-refractivity contribution < 1.29 is 4.74 Å². The first-order valence-corrected chi connectivity index (χ1v) is 6.96. The van der Waals surface area contributed by atoms with Crippen molar-refractivity contribution in [1.29, 1.82) is 0 Å². The van der Waals surface area contributed by atoms with Crippen LogP contribution in [0, 0.1) is 0 Å². The molecule has 0 aromatic carbocycles. The molecule has 3 heteroatoms. The summed E-state index contributed by atoms with van der Waals surface area (Å²) in [5, 5.41) is 3.67. The van der Waals surface area contributed by atoms with Gasteiger partial charge >= 0.3 is 0 Å². The zero-order valence-electron chi connectivity index (χ0n) is 10.6. The van der Waals surface area contributed by atoms with Gasteiger partial charge in [-0.25, -0.2) is 0 Å². The lowest BCUT2D eigenvalue weighted by Crippen LogP contribution is -2.44. The Balaban J connectivity index is 1.57. The molecule has 3 nitrogen and oxygen atoms in total. The van der Waals surface area contributed by atoms with Gasteiger partial charge in [0.1, 0.15) is 0 Å². The summed E-state index contributed by atoms with van der Waals surface area (Å²) in [5.74, 6) is 0. The van der Waals surface area contributed by atoms with Gasteiger partial charge in [0.05, 0.1) is 6.10 Å². The maximum absolute atomic E-state index is 5.63. The zero-order valence-corrected chi connectivity index (χ0v) is 10.6. The zero-order chi connectivity index (χ0) is 11.2. The van der Waals surface area contributed by atoms with E-state index in [4.69, 9.17) is 4.74 Å². The van der Waals surface area contributed by atoms with E-state index >= 15 is 0 Å². The fourth-order valence-electron chi connectivity index (χ4n) is 2.78. The summed E-state index contributed by atoms with van der Waals surface area (Å²) in [7, 11) is 0. The second-order valence-electron chi connectivity index (χ2n) is 5.16. The SMILES string of the molecule is CCCN1CCC(NC[C@H]2CCCO2)CC1. The average molecular weight is 226 g/mol. The van der Waals surface area contributed by atoms with Gasteiger partial charge in [0, 0.05) is 19.2 Å². The summed E-state index contributed by atoms with van der Waals surface area (Å²) in [6.45, 7) is 8.13. The topological polar surface area (TPSA) is 24.5 Å². The van der Waals surface area contributed by atoms with Crippen LogP contribution in [0.4, 0.5) is 0 Å². The molecule has 1 atom stereocenters. The third kappa shape index (κ3) is 3.72. The van der Waals surface area contributed by atoms with Crippen LogP contribution >= 0.6 is 0 Å². The van der Waals surface area contributed by atoms with Gasteiger partial charge in [-0.2, -0.15) is 0 Å². The van der Waals surface area contributed by atoms with E-state index in [2.05, 4.69) is 17.1 Å². The molecule has 0 saturated carbocycles. The molecule has 2 fully saturated rings. The van der Waals surface area contributed by atoms with Crippen molar-refractivity contribution in [2.45, 2.75) is 51.2 Å². The maximum atomic E-state index is 5.63. The first-order valence-electron chi connectivity index (χ1n) is 6.96. The Bertz CT molecular complexity index is 184. The second-order valence-corrected chi connectivity index (χ2v) is 5.16. The van der Waals surface area contributed by atoms with E-state index in [9.17, 15) is 0 Å². The van der Waals surface area contributed by atoms with Crippen LogP contribution in [-0.4, -0.2) is 49.8 Å². The third-order valence-corrected chi connectivity index (χ3v) is 3.79. The van der Waals surface area contributed by atoms with E-state index in [1.165, 1.54) is 51.7 Å². The standard InChI is InChI=1S/C13H26N2O/c1-2-7-15-8-5-12(6-9-15)14-11-13-4-3-10-16-13/h12-14H,2-11H2,1H3/t13-/m1/s1. The van der Waals surface area contributed by atoms with Gasteiger partial charge in [0.25, 0.3) is 0 Å².